The molecule has 2 heterocycles. The number of hydrogen-bond acceptors (Lipinski definition) is 6. The number of aliphatic hydroxyl groups excluding tert-OH is 2. The van der Waals surface area contributed by atoms with E-state index in [2.05, 4.69) is 0 Å². The molecule has 3 N–H and O–H groups in total. The van der Waals surface area contributed by atoms with E-state index in [0.29, 0.717) is 44.9 Å². The number of hydrogen-bond donors (Lipinski definition) is 3. The van der Waals surface area contributed by atoms with Crippen molar-refractivity contribution in [2.75, 3.05) is 0 Å². The summed E-state index contributed by atoms with van der Waals surface area (Å²) in [5.41, 5.74) is -0.626. The van der Waals surface area contributed by atoms with Crippen LogP contribution in [0.5, 0.6) is 0 Å². The molecule has 0 radical (unpaired) electrons. The van der Waals surface area contributed by atoms with Crippen molar-refractivity contribution in [1.82, 2.24) is 0 Å². The van der Waals surface area contributed by atoms with E-state index in [1.807, 2.05) is 0 Å². The Bertz CT molecular complexity index is 637. The summed E-state index contributed by atoms with van der Waals surface area (Å²) in [6, 6.07) is 0. The van der Waals surface area contributed by atoms with E-state index >= 15 is 0 Å². The second-order valence-corrected chi connectivity index (χ2v) is 9.70. The summed E-state index contributed by atoms with van der Waals surface area (Å²) < 4.78 is 12.7. The number of carboxylic acids is 1. The van der Waals surface area contributed by atoms with Crippen molar-refractivity contribution < 1.29 is 34.4 Å². The highest BCUT2D eigenvalue weighted by Gasteiger charge is 2.69. The van der Waals surface area contributed by atoms with Crippen LogP contribution < -0.4 is 0 Å². The van der Waals surface area contributed by atoms with E-state index in [1.165, 1.54) is 0 Å². The van der Waals surface area contributed by atoms with Gasteiger partial charge in [-0.25, -0.2) is 0 Å². The number of carboxylic acid groups (broad SMARTS) is 1. The largest absolute Gasteiger partial charge is 0.481 e. The molecule has 5 rings (SSSR count). The highest BCUT2D eigenvalue weighted by atomic mass is 16.6. The fourth-order valence-electron chi connectivity index (χ4n) is 7.27. The molecule has 0 aromatic heterocycles. The van der Waals surface area contributed by atoms with Crippen LogP contribution in [0.25, 0.3) is 0 Å². The van der Waals surface area contributed by atoms with Gasteiger partial charge < -0.3 is 24.8 Å². The van der Waals surface area contributed by atoms with Crippen molar-refractivity contribution in [2.45, 2.75) is 87.8 Å². The summed E-state index contributed by atoms with van der Waals surface area (Å²) in [6.45, 7) is 0. The van der Waals surface area contributed by atoms with Crippen molar-refractivity contribution >= 4 is 11.9 Å². The van der Waals surface area contributed by atoms with Crippen LogP contribution in [0.3, 0.4) is 0 Å². The average molecular weight is 394 g/mol. The van der Waals surface area contributed by atoms with Crippen LogP contribution in [0, 0.1) is 29.6 Å². The lowest BCUT2D eigenvalue weighted by molar-refractivity contribution is -0.268. The second-order valence-electron chi connectivity index (χ2n) is 9.70. The monoisotopic (exact) mass is 394 g/mol. The van der Waals surface area contributed by atoms with Gasteiger partial charge in [0.25, 0.3) is 0 Å². The molecular formula is C21H30O7. The number of carbonyl (C=O) groups is 2. The second kappa shape index (κ2) is 6.67. The van der Waals surface area contributed by atoms with E-state index < -0.39 is 29.7 Å². The molecule has 7 heteroatoms. The molecule has 9 atom stereocenters. The third kappa shape index (κ3) is 2.66. The fraction of sp³-hybridized carbons (Fsp3) is 0.905. The summed E-state index contributed by atoms with van der Waals surface area (Å²) in [6.07, 6.45) is 4.44. The Hall–Kier alpha value is -1.18. The minimum Gasteiger partial charge on any atom is -0.481 e. The normalized spacial score (nSPS) is 53.1. The van der Waals surface area contributed by atoms with Crippen LogP contribution in [0.2, 0.25) is 0 Å². The van der Waals surface area contributed by atoms with Crippen molar-refractivity contribution in [3.05, 3.63) is 0 Å². The number of ether oxygens (including phenoxy) is 2. The Labute approximate surface area is 164 Å². The quantitative estimate of drug-likeness (QED) is 0.578. The van der Waals surface area contributed by atoms with Gasteiger partial charge in [-0.1, -0.05) is 0 Å². The standard InChI is InChI=1S/C21H30O7/c22-11-2-5-15-17(8-11)27-18-9-12(23)3-6-16(18)21(15)14-4-1-10(19(24)25)7-13(14)20(26)28-21/h10-18,22-23H,1-9H2,(H,24,25). The predicted octanol–water partition coefficient (Wildman–Crippen LogP) is 1.49. The number of fused-ring (bicyclic) bond motifs is 6. The third-order valence-electron chi connectivity index (χ3n) is 8.40. The summed E-state index contributed by atoms with van der Waals surface area (Å²) >= 11 is 0. The highest BCUT2D eigenvalue weighted by Crippen LogP contribution is 2.61. The molecule has 9 unspecified atom stereocenters. The average Bonchev–Trinajstić information content (AvgIpc) is 2.94. The first kappa shape index (κ1) is 18.8. The molecule has 5 fully saturated rings. The number of carbonyl (C=O) groups excluding carboxylic acids is 1. The van der Waals surface area contributed by atoms with Crippen molar-refractivity contribution in [3.8, 4) is 0 Å². The van der Waals surface area contributed by atoms with E-state index in [9.17, 15) is 24.9 Å². The number of aliphatic hydroxyl groups is 2. The fourth-order valence-corrected chi connectivity index (χ4v) is 7.27. The Morgan fingerprint density at radius 1 is 0.857 bits per heavy atom. The maximum absolute atomic E-state index is 13.0. The van der Waals surface area contributed by atoms with Gasteiger partial charge in [0, 0.05) is 17.8 Å². The maximum Gasteiger partial charge on any atom is 0.309 e. The van der Waals surface area contributed by atoms with Gasteiger partial charge in [-0.3, -0.25) is 9.59 Å². The van der Waals surface area contributed by atoms with Gasteiger partial charge in [0.1, 0.15) is 5.60 Å². The Balaban J connectivity index is 1.53. The SMILES string of the molecule is O=C(O)C1CCC2C(C1)C(=O)OC21C2CCC(O)CC2OC2CC(O)CCC21. The van der Waals surface area contributed by atoms with Gasteiger partial charge >= 0.3 is 11.9 Å². The molecular weight excluding hydrogens is 364 g/mol. The molecule has 28 heavy (non-hydrogen) atoms. The smallest absolute Gasteiger partial charge is 0.309 e. The molecule has 0 amide bonds. The van der Waals surface area contributed by atoms with Crippen LogP contribution in [0.15, 0.2) is 0 Å². The van der Waals surface area contributed by atoms with Gasteiger partial charge in [0.2, 0.25) is 0 Å². The zero-order valence-corrected chi connectivity index (χ0v) is 16.0. The van der Waals surface area contributed by atoms with Crippen LogP contribution in [0.1, 0.15) is 57.8 Å². The molecule has 156 valence electrons. The van der Waals surface area contributed by atoms with Crippen LogP contribution in [0.4, 0.5) is 0 Å². The predicted molar refractivity (Wildman–Crippen MR) is 96.1 cm³/mol. The Morgan fingerprint density at radius 3 is 2.00 bits per heavy atom. The van der Waals surface area contributed by atoms with Crippen LogP contribution in [-0.2, 0) is 19.1 Å². The third-order valence-corrected chi connectivity index (χ3v) is 8.40. The van der Waals surface area contributed by atoms with Crippen molar-refractivity contribution in [1.29, 1.82) is 0 Å². The van der Waals surface area contributed by atoms with Crippen LogP contribution in [-0.4, -0.2) is 57.3 Å². The van der Waals surface area contributed by atoms with Crippen molar-refractivity contribution in [3.63, 3.8) is 0 Å². The first-order valence-corrected chi connectivity index (χ1v) is 10.9. The minimum atomic E-state index is -0.823. The van der Waals surface area contributed by atoms with Crippen LogP contribution >= 0.6 is 0 Å². The first-order valence-electron chi connectivity index (χ1n) is 10.9. The molecule has 0 aromatic carbocycles. The van der Waals surface area contributed by atoms with Crippen molar-refractivity contribution in [2.24, 2.45) is 29.6 Å². The number of rotatable bonds is 1. The number of aliphatic carboxylic acids is 1. The van der Waals surface area contributed by atoms with Gasteiger partial charge in [0.15, 0.2) is 0 Å². The zero-order chi connectivity index (χ0) is 19.6. The summed E-state index contributed by atoms with van der Waals surface area (Å²) in [7, 11) is 0. The molecule has 2 aliphatic heterocycles. The molecule has 7 nitrogen and oxygen atoms in total. The number of esters is 1. The lowest BCUT2D eigenvalue weighted by Crippen LogP contribution is -2.66. The Kier molecular flexibility index (Phi) is 4.49. The summed E-state index contributed by atoms with van der Waals surface area (Å²) in [5.74, 6) is -1.78. The van der Waals surface area contributed by atoms with Gasteiger partial charge in [-0.05, 0) is 57.8 Å². The van der Waals surface area contributed by atoms with E-state index in [1.54, 1.807) is 0 Å². The van der Waals surface area contributed by atoms with Gasteiger partial charge in [-0.15, -0.1) is 0 Å². The minimum absolute atomic E-state index is 0.0185. The molecule has 0 aromatic rings. The first-order chi connectivity index (χ1) is 13.4. The Morgan fingerprint density at radius 2 is 1.43 bits per heavy atom. The lowest BCUT2D eigenvalue weighted by Gasteiger charge is -2.59. The molecule has 2 saturated heterocycles. The lowest BCUT2D eigenvalue weighted by atomic mass is 9.54. The molecule has 5 aliphatic rings. The van der Waals surface area contributed by atoms with Gasteiger partial charge in [0.05, 0.1) is 36.3 Å². The molecule has 1 spiro atoms. The highest BCUT2D eigenvalue weighted by molar-refractivity contribution is 5.78. The molecule has 3 saturated carbocycles. The topological polar surface area (TPSA) is 113 Å². The zero-order valence-electron chi connectivity index (χ0n) is 16.0. The maximum atomic E-state index is 13.0. The summed E-state index contributed by atoms with van der Waals surface area (Å²) in [5, 5.41) is 29.9. The molecule has 3 aliphatic carbocycles. The molecule has 0 bridgehead atoms. The van der Waals surface area contributed by atoms with E-state index in [-0.39, 0.29) is 41.8 Å². The summed E-state index contributed by atoms with van der Waals surface area (Å²) in [4.78, 5) is 24.5. The van der Waals surface area contributed by atoms with Gasteiger partial charge in [-0.2, -0.15) is 0 Å². The van der Waals surface area contributed by atoms with E-state index in [0.717, 1.165) is 12.8 Å². The van der Waals surface area contributed by atoms with E-state index in [4.69, 9.17) is 9.47 Å².